The van der Waals surface area contributed by atoms with Crippen LogP contribution in [-0.2, 0) is 0 Å². The molecule has 0 amide bonds. The molecule has 0 fully saturated rings. The van der Waals surface area contributed by atoms with Crippen LogP contribution in [0.15, 0.2) is 45.1 Å². The number of aliphatic hydroxyl groups excluding tert-OH is 1. The van der Waals surface area contributed by atoms with Crippen molar-refractivity contribution in [2.24, 2.45) is 0 Å². The third kappa shape index (κ3) is 3.58. The summed E-state index contributed by atoms with van der Waals surface area (Å²) in [6.07, 6.45) is -0.392. The Hall–Kier alpha value is -0.290. The Morgan fingerprint density at radius 3 is 2.82 bits per heavy atom. The quantitative estimate of drug-likeness (QED) is 0.824. The molecule has 0 radical (unpaired) electrons. The van der Waals surface area contributed by atoms with E-state index in [9.17, 15) is 5.11 Å². The number of hydrogen-bond acceptors (Lipinski definition) is 3. The maximum atomic E-state index is 10.1. The molecular weight excluding hydrogens is 316 g/mol. The summed E-state index contributed by atoms with van der Waals surface area (Å²) in [6, 6.07) is 10.1. The largest absolute Gasteiger partial charge is 0.388 e. The number of thioether (sulfide) groups is 1. The molecule has 17 heavy (non-hydrogen) atoms. The summed E-state index contributed by atoms with van der Waals surface area (Å²) in [4.78, 5) is 2.41. The Balaban J connectivity index is 1.97. The molecule has 0 spiro atoms. The molecule has 1 aromatic heterocycles. The third-order valence-electron chi connectivity index (χ3n) is 2.37. The van der Waals surface area contributed by atoms with Gasteiger partial charge in [-0.3, -0.25) is 0 Å². The van der Waals surface area contributed by atoms with Gasteiger partial charge in [-0.15, -0.1) is 23.1 Å². The van der Waals surface area contributed by atoms with Crippen LogP contribution >= 0.6 is 39.0 Å². The molecule has 1 aromatic carbocycles. The van der Waals surface area contributed by atoms with Crippen molar-refractivity contribution in [1.29, 1.82) is 0 Å². The number of rotatable bonds is 4. The Labute approximate surface area is 118 Å². The number of aliphatic hydroxyl groups is 1. The molecule has 0 aliphatic carbocycles. The van der Waals surface area contributed by atoms with Crippen LogP contribution in [0, 0.1) is 6.92 Å². The summed E-state index contributed by atoms with van der Waals surface area (Å²) in [7, 11) is 0. The van der Waals surface area contributed by atoms with E-state index in [0.29, 0.717) is 5.75 Å². The van der Waals surface area contributed by atoms with Crippen LogP contribution < -0.4 is 0 Å². The van der Waals surface area contributed by atoms with Gasteiger partial charge in [-0.2, -0.15) is 0 Å². The second-order valence-corrected chi connectivity index (χ2v) is 6.78. The molecule has 0 saturated heterocycles. The molecule has 1 heterocycles. The molecule has 90 valence electrons. The molecule has 0 aliphatic heterocycles. The lowest BCUT2D eigenvalue weighted by atomic mass is 10.2. The van der Waals surface area contributed by atoms with Crippen LogP contribution in [0.5, 0.6) is 0 Å². The lowest BCUT2D eigenvalue weighted by Gasteiger charge is -2.09. The summed E-state index contributed by atoms with van der Waals surface area (Å²) in [5, 5.41) is 12.1. The highest BCUT2D eigenvalue weighted by Crippen LogP contribution is 2.31. The molecule has 1 atom stereocenters. The SMILES string of the molecule is Cc1cc(C(O)CSc2ccccc2Br)cs1. The fourth-order valence-corrected chi connectivity index (χ4v) is 3.76. The molecule has 2 rings (SSSR count). The highest BCUT2D eigenvalue weighted by atomic mass is 79.9. The van der Waals surface area contributed by atoms with Gasteiger partial charge in [0.1, 0.15) is 0 Å². The van der Waals surface area contributed by atoms with E-state index in [2.05, 4.69) is 35.0 Å². The second kappa shape index (κ2) is 6.05. The van der Waals surface area contributed by atoms with Crippen molar-refractivity contribution in [2.45, 2.75) is 17.9 Å². The van der Waals surface area contributed by atoms with E-state index in [1.807, 2.05) is 23.6 Å². The first-order valence-corrected chi connectivity index (χ1v) is 7.93. The number of halogens is 1. The van der Waals surface area contributed by atoms with Gasteiger partial charge in [-0.05, 0) is 52.0 Å². The van der Waals surface area contributed by atoms with Crippen LogP contribution in [0.3, 0.4) is 0 Å². The highest BCUT2D eigenvalue weighted by Gasteiger charge is 2.10. The van der Waals surface area contributed by atoms with Gasteiger partial charge in [0.2, 0.25) is 0 Å². The molecule has 1 unspecified atom stereocenters. The molecule has 1 nitrogen and oxygen atoms in total. The average Bonchev–Trinajstić information content (AvgIpc) is 2.74. The van der Waals surface area contributed by atoms with Gasteiger partial charge in [0, 0.05) is 20.0 Å². The van der Waals surface area contributed by atoms with Gasteiger partial charge < -0.3 is 5.11 Å². The normalized spacial score (nSPS) is 12.6. The Kier molecular flexibility index (Phi) is 4.68. The zero-order valence-electron chi connectivity index (χ0n) is 9.39. The second-order valence-electron chi connectivity index (χ2n) is 3.75. The van der Waals surface area contributed by atoms with Crippen molar-refractivity contribution < 1.29 is 5.11 Å². The number of aryl methyl sites for hydroxylation is 1. The molecular formula is C13H13BrOS2. The predicted molar refractivity (Wildman–Crippen MR) is 78.9 cm³/mol. The van der Waals surface area contributed by atoms with E-state index in [1.54, 1.807) is 23.1 Å². The highest BCUT2D eigenvalue weighted by molar-refractivity contribution is 9.10. The van der Waals surface area contributed by atoms with Crippen LogP contribution in [0.2, 0.25) is 0 Å². The zero-order valence-corrected chi connectivity index (χ0v) is 12.6. The van der Waals surface area contributed by atoms with Crippen molar-refractivity contribution in [3.8, 4) is 0 Å². The lowest BCUT2D eigenvalue weighted by Crippen LogP contribution is -1.98. The maximum absolute atomic E-state index is 10.1. The van der Waals surface area contributed by atoms with Gasteiger partial charge in [-0.1, -0.05) is 12.1 Å². The van der Waals surface area contributed by atoms with Gasteiger partial charge in [0.25, 0.3) is 0 Å². The van der Waals surface area contributed by atoms with Crippen LogP contribution in [-0.4, -0.2) is 10.9 Å². The van der Waals surface area contributed by atoms with Crippen molar-refractivity contribution in [3.05, 3.63) is 50.6 Å². The smallest absolute Gasteiger partial charge is 0.0892 e. The van der Waals surface area contributed by atoms with E-state index in [4.69, 9.17) is 0 Å². The van der Waals surface area contributed by atoms with Crippen molar-refractivity contribution in [2.75, 3.05) is 5.75 Å². The fraction of sp³-hybridized carbons (Fsp3) is 0.231. The molecule has 0 saturated carbocycles. The monoisotopic (exact) mass is 328 g/mol. The predicted octanol–water partition coefficient (Wildman–Crippen LogP) is 4.64. The summed E-state index contributed by atoms with van der Waals surface area (Å²) in [5.41, 5.74) is 1.02. The summed E-state index contributed by atoms with van der Waals surface area (Å²) in [5.74, 6) is 0.679. The van der Waals surface area contributed by atoms with Crippen LogP contribution in [0.1, 0.15) is 16.5 Å². The standard InChI is InChI=1S/C13H13BrOS2/c1-9-6-10(7-16-9)12(15)8-17-13-5-3-2-4-11(13)14/h2-7,12,15H,8H2,1H3. The fourth-order valence-electron chi connectivity index (χ4n) is 1.47. The van der Waals surface area contributed by atoms with Gasteiger partial charge in [-0.25, -0.2) is 0 Å². The zero-order chi connectivity index (χ0) is 12.3. The summed E-state index contributed by atoms with van der Waals surface area (Å²) in [6.45, 7) is 2.06. The molecule has 0 bridgehead atoms. The Morgan fingerprint density at radius 2 is 2.18 bits per heavy atom. The van der Waals surface area contributed by atoms with Crippen LogP contribution in [0.25, 0.3) is 0 Å². The van der Waals surface area contributed by atoms with Gasteiger partial charge in [0.15, 0.2) is 0 Å². The number of benzene rings is 1. The summed E-state index contributed by atoms with van der Waals surface area (Å²) < 4.78 is 1.08. The first-order chi connectivity index (χ1) is 8.16. The van der Waals surface area contributed by atoms with Crippen LogP contribution in [0.4, 0.5) is 0 Å². The minimum absolute atomic E-state index is 0.392. The van der Waals surface area contributed by atoms with Crippen molar-refractivity contribution in [1.82, 2.24) is 0 Å². The first-order valence-electron chi connectivity index (χ1n) is 5.27. The topological polar surface area (TPSA) is 20.2 Å². The molecule has 0 aliphatic rings. The molecule has 1 N–H and O–H groups in total. The Morgan fingerprint density at radius 1 is 1.41 bits per heavy atom. The van der Waals surface area contributed by atoms with E-state index < -0.39 is 6.10 Å². The number of thiophene rings is 1. The van der Waals surface area contributed by atoms with Gasteiger partial charge in [0.05, 0.1) is 6.10 Å². The van der Waals surface area contributed by atoms with Crippen molar-refractivity contribution in [3.63, 3.8) is 0 Å². The summed E-state index contributed by atoms with van der Waals surface area (Å²) >= 11 is 6.85. The van der Waals surface area contributed by atoms with E-state index in [-0.39, 0.29) is 0 Å². The molecule has 4 heteroatoms. The Bertz CT molecular complexity index is 496. The van der Waals surface area contributed by atoms with E-state index in [1.165, 1.54) is 9.77 Å². The van der Waals surface area contributed by atoms with E-state index in [0.717, 1.165) is 10.0 Å². The van der Waals surface area contributed by atoms with Gasteiger partial charge >= 0.3 is 0 Å². The molecule has 2 aromatic rings. The minimum Gasteiger partial charge on any atom is -0.388 e. The number of hydrogen-bond donors (Lipinski definition) is 1. The third-order valence-corrected chi connectivity index (χ3v) is 5.35. The lowest BCUT2D eigenvalue weighted by molar-refractivity contribution is 0.204. The van der Waals surface area contributed by atoms with Crippen molar-refractivity contribution >= 4 is 39.0 Å². The maximum Gasteiger partial charge on any atom is 0.0892 e. The first kappa shape index (κ1) is 13.1. The average molecular weight is 329 g/mol. The minimum atomic E-state index is -0.392. The van der Waals surface area contributed by atoms with E-state index >= 15 is 0 Å².